The molecular weight excluding hydrogens is 769 g/mol. The van der Waals surface area contributed by atoms with Gasteiger partial charge in [-0.3, -0.25) is 0 Å². The van der Waals surface area contributed by atoms with Crippen molar-refractivity contribution in [1.29, 1.82) is 0 Å². The van der Waals surface area contributed by atoms with Gasteiger partial charge < -0.3 is 32.5 Å². The third-order valence-corrected chi connectivity index (χ3v) is 17.9. The lowest BCUT2D eigenvalue weighted by molar-refractivity contribution is -0.297. The summed E-state index contributed by atoms with van der Waals surface area (Å²) in [5.41, 5.74) is 1.73. The Hall–Kier alpha value is -3.39. The van der Waals surface area contributed by atoms with Crippen molar-refractivity contribution in [2.45, 2.75) is 140 Å². The Kier molecular flexibility index (Phi) is 14.2. The first-order valence-corrected chi connectivity index (χ1v) is 27.0. The first kappa shape index (κ1) is 43.7. The van der Waals surface area contributed by atoms with Crippen LogP contribution in [0.3, 0.4) is 0 Å². The van der Waals surface area contributed by atoms with E-state index in [1.165, 1.54) is 15.9 Å². The summed E-state index contributed by atoms with van der Waals surface area (Å²) >= 11 is 0. The molecule has 9 heteroatoms. The maximum Gasteiger partial charge on any atom is 0.261 e. The fourth-order valence-corrected chi connectivity index (χ4v) is 14.6. The topological polar surface area (TPSA) is 64.6 Å². The first-order chi connectivity index (χ1) is 28.3. The predicted molar refractivity (Wildman–Crippen MR) is 241 cm³/mol. The highest BCUT2D eigenvalue weighted by Gasteiger charge is 2.55. The van der Waals surface area contributed by atoms with E-state index in [2.05, 4.69) is 163 Å². The summed E-state index contributed by atoms with van der Waals surface area (Å²) < 4.78 is 48.8. The van der Waals surface area contributed by atoms with Crippen molar-refractivity contribution in [1.82, 2.24) is 0 Å². The van der Waals surface area contributed by atoms with Crippen LogP contribution in [0.5, 0.6) is 0 Å². The van der Waals surface area contributed by atoms with Crippen LogP contribution in [0.4, 0.5) is 0 Å². The Morgan fingerprint density at radius 3 is 1.88 bits per heavy atom. The van der Waals surface area contributed by atoms with E-state index in [-0.39, 0.29) is 35.6 Å². The first-order valence-electron chi connectivity index (χ1n) is 21.7. The third kappa shape index (κ3) is 10.7. The van der Waals surface area contributed by atoms with Gasteiger partial charge >= 0.3 is 0 Å². The highest BCUT2D eigenvalue weighted by molar-refractivity contribution is 6.99. The average Bonchev–Trinajstić information content (AvgIpc) is 3.35. The molecule has 3 heterocycles. The molecule has 2 fully saturated rings. The summed E-state index contributed by atoms with van der Waals surface area (Å²) in [6, 6.07) is 42.4. The molecular formula is C50H66O7Si2. The summed E-state index contributed by atoms with van der Waals surface area (Å²) in [5.74, 6) is 0.857. The van der Waals surface area contributed by atoms with Crippen LogP contribution in [0.1, 0.15) is 70.9 Å². The van der Waals surface area contributed by atoms with Crippen LogP contribution in [-0.2, 0) is 45.8 Å². The number of benzene rings is 4. The van der Waals surface area contributed by atoms with Crippen LogP contribution < -0.4 is 10.4 Å². The van der Waals surface area contributed by atoms with E-state index >= 15 is 0 Å². The molecule has 4 aromatic rings. The summed E-state index contributed by atoms with van der Waals surface area (Å²) in [4.78, 5) is 0. The zero-order valence-corrected chi connectivity index (χ0v) is 38.3. The van der Waals surface area contributed by atoms with Crippen LogP contribution in [0.2, 0.25) is 24.7 Å². The van der Waals surface area contributed by atoms with E-state index < -0.39 is 28.3 Å². The smallest absolute Gasteiger partial charge is 0.261 e. The van der Waals surface area contributed by atoms with Gasteiger partial charge in [0.05, 0.1) is 49.8 Å². The van der Waals surface area contributed by atoms with Gasteiger partial charge in [-0.15, -0.1) is 0 Å². The van der Waals surface area contributed by atoms with Gasteiger partial charge in [-0.05, 0) is 72.0 Å². The SMILES string of the molecule is CC(C)(C)[Si](OC[C@H]1O[C@H]2C[C@H]3O[C@H](CCCOCc4ccccc4)C[C@H](OCc4ccccc4)[C@@H]3O[C@]2(C)CC=C1O[Si](C)(C)C)(c1ccccc1)c1ccccc1. The van der Waals surface area contributed by atoms with Crippen LogP contribution in [-0.4, -0.2) is 72.1 Å². The van der Waals surface area contributed by atoms with E-state index in [4.69, 9.17) is 32.5 Å². The van der Waals surface area contributed by atoms with E-state index in [0.29, 0.717) is 39.3 Å². The lowest BCUT2D eigenvalue weighted by Crippen LogP contribution is -2.67. The summed E-state index contributed by atoms with van der Waals surface area (Å²) in [5, 5.41) is 2.31. The van der Waals surface area contributed by atoms with Gasteiger partial charge in [0.1, 0.15) is 18.0 Å². The molecule has 7 rings (SSSR count). The molecule has 0 aromatic heterocycles. The molecule has 0 saturated carbocycles. The standard InChI is InChI=1S/C50H66O7Si2/c1-49(2,3)59(41-26-16-10-17-27-41,42-28-18-11-19-29-42)53-37-46-43(57-58(5,6)7)30-31-50(4)47(55-46)34-45-48(56-50)44(52-36-39-23-14-9-15-24-39)33-40(54-45)25-20-32-51-35-38-21-12-8-13-22-38/h8-19,21-24,26-30,40,44-48H,20,25,31-37H2,1-7H3/t40-,44+,45-,46-,47+,48+,50-/m1/s1. The Bertz CT molecular complexity index is 1880. The molecule has 3 aliphatic rings. The zero-order chi connectivity index (χ0) is 41.5. The maximum absolute atomic E-state index is 7.53. The fraction of sp³-hybridized carbons (Fsp3) is 0.480. The van der Waals surface area contributed by atoms with Gasteiger partial charge in [0.2, 0.25) is 8.32 Å². The minimum Gasteiger partial charge on any atom is -0.546 e. The summed E-state index contributed by atoms with van der Waals surface area (Å²) in [6.45, 7) is 18.0. The normalized spacial score (nSPS) is 26.3. The lowest BCUT2D eigenvalue weighted by atomic mass is 9.82. The molecule has 59 heavy (non-hydrogen) atoms. The van der Waals surface area contributed by atoms with Gasteiger partial charge in [-0.1, -0.05) is 142 Å². The van der Waals surface area contributed by atoms with Crippen molar-refractivity contribution >= 4 is 27.0 Å². The average molecular weight is 835 g/mol. The van der Waals surface area contributed by atoms with Crippen molar-refractivity contribution in [3.8, 4) is 0 Å². The quantitative estimate of drug-likeness (QED) is 0.0823. The van der Waals surface area contributed by atoms with Crippen LogP contribution >= 0.6 is 0 Å². The van der Waals surface area contributed by atoms with Crippen molar-refractivity contribution in [2.75, 3.05) is 13.2 Å². The minimum atomic E-state index is -2.86. The number of ether oxygens (including phenoxy) is 5. The molecule has 316 valence electrons. The largest absolute Gasteiger partial charge is 0.546 e. The number of rotatable bonds is 16. The second kappa shape index (κ2) is 19.1. The number of hydrogen-bond donors (Lipinski definition) is 0. The number of fused-ring (bicyclic) bond motifs is 2. The molecule has 2 saturated heterocycles. The maximum atomic E-state index is 7.53. The highest BCUT2D eigenvalue weighted by Crippen LogP contribution is 2.45. The van der Waals surface area contributed by atoms with Gasteiger partial charge in [-0.25, -0.2) is 0 Å². The van der Waals surface area contributed by atoms with Crippen LogP contribution in [0, 0.1) is 0 Å². The molecule has 0 N–H and O–H groups in total. The Labute approximate surface area is 355 Å². The van der Waals surface area contributed by atoms with E-state index in [0.717, 1.165) is 30.6 Å². The highest BCUT2D eigenvalue weighted by atomic mass is 28.4. The molecule has 0 aliphatic carbocycles. The third-order valence-electron chi connectivity index (χ3n) is 12.0. The molecule has 4 aromatic carbocycles. The van der Waals surface area contributed by atoms with Crippen molar-refractivity contribution < 1.29 is 32.5 Å². The van der Waals surface area contributed by atoms with E-state index in [1.807, 2.05) is 12.1 Å². The molecule has 0 amide bonds. The molecule has 7 atom stereocenters. The molecule has 0 radical (unpaired) electrons. The lowest BCUT2D eigenvalue weighted by Gasteiger charge is -2.52. The second-order valence-corrected chi connectivity index (χ2v) is 27.5. The van der Waals surface area contributed by atoms with E-state index in [9.17, 15) is 0 Å². The minimum absolute atomic E-state index is 0.0225. The van der Waals surface area contributed by atoms with Crippen molar-refractivity contribution in [3.63, 3.8) is 0 Å². The molecule has 7 nitrogen and oxygen atoms in total. The predicted octanol–water partition coefficient (Wildman–Crippen LogP) is 9.74. The van der Waals surface area contributed by atoms with Crippen LogP contribution in [0.15, 0.2) is 133 Å². The van der Waals surface area contributed by atoms with Gasteiger partial charge in [0, 0.05) is 25.9 Å². The molecule has 3 aliphatic heterocycles. The Morgan fingerprint density at radius 2 is 1.31 bits per heavy atom. The van der Waals surface area contributed by atoms with Gasteiger partial charge in [0.25, 0.3) is 8.32 Å². The van der Waals surface area contributed by atoms with Crippen molar-refractivity contribution in [3.05, 3.63) is 144 Å². The van der Waals surface area contributed by atoms with Crippen molar-refractivity contribution in [2.24, 2.45) is 0 Å². The van der Waals surface area contributed by atoms with Gasteiger partial charge in [0.15, 0.2) is 0 Å². The monoisotopic (exact) mass is 834 g/mol. The second-order valence-electron chi connectivity index (χ2n) is 18.8. The van der Waals surface area contributed by atoms with Gasteiger partial charge in [-0.2, -0.15) is 0 Å². The zero-order valence-electron chi connectivity index (χ0n) is 36.3. The summed E-state index contributed by atoms with van der Waals surface area (Å²) in [7, 11) is -4.90. The summed E-state index contributed by atoms with van der Waals surface area (Å²) in [6.07, 6.45) is 4.96. The van der Waals surface area contributed by atoms with Crippen LogP contribution in [0.25, 0.3) is 0 Å². The fourth-order valence-electron chi connectivity index (χ4n) is 9.13. The Morgan fingerprint density at radius 1 is 0.729 bits per heavy atom. The Balaban J connectivity index is 1.13. The van der Waals surface area contributed by atoms with E-state index in [1.54, 1.807) is 0 Å². The molecule has 0 unspecified atom stereocenters. The number of hydrogen-bond acceptors (Lipinski definition) is 7. The molecule has 0 bridgehead atoms. The molecule has 0 spiro atoms.